The van der Waals surface area contributed by atoms with Gasteiger partial charge in [-0.25, -0.2) is 0 Å². The third kappa shape index (κ3) is 4.44. The SMILES string of the molecule is O=c1c(Cl)c(NCC(O)C2CCCC2)cnn1-c1cccc(C(F)(F)F)c1. The van der Waals surface area contributed by atoms with E-state index in [0.717, 1.165) is 42.5 Å². The first-order chi connectivity index (χ1) is 12.8. The molecule has 27 heavy (non-hydrogen) atoms. The van der Waals surface area contributed by atoms with Crippen molar-refractivity contribution in [3.05, 3.63) is 51.4 Å². The maximum absolute atomic E-state index is 12.9. The second-order valence-corrected chi connectivity index (χ2v) is 7.01. The largest absolute Gasteiger partial charge is 0.416 e. The number of alkyl halides is 3. The normalized spacial score (nSPS) is 16.5. The summed E-state index contributed by atoms with van der Waals surface area (Å²) in [4.78, 5) is 12.4. The Hall–Kier alpha value is -2.06. The zero-order chi connectivity index (χ0) is 19.6. The monoisotopic (exact) mass is 401 g/mol. The smallest absolute Gasteiger partial charge is 0.391 e. The molecule has 0 saturated heterocycles. The highest BCUT2D eigenvalue weighted by molar-refractivity contribution is 6.32. The molecule has 1 heterocycles. The summed E-state index contributed by atoms with van der Waals surface area (Å²) in [6, 6.07) is 4.29. The zero-order valence-corrected chi connectivity index (χ0v) is 15.1. The van der Waals surface area contributed by atoms with Crippen molar-refractivity contribution in [1.29, 1.82) is 0 Å². The molecule has 2 N–H and O–H groups in total. The van der Waals surface area contributed by atoms with Gasteiger partial charge in [0.2, 0.25) is 0 Å². The number of hydrogen-bond donors (Lipinski definition) is 2. The summed E-state index contributed by atoms with van der Waals surface area (Å²) in [6.07, 6.45) is 0.299. The van der Waals surface area contributed by atoms with Crippen molar-refractivity contribution in [2.75, 3.05) is 11.9 Å². The molecule has 1 aromatic carbocycles. The lowest BCUT2D eigenvalue weighted by molar-refractivity contribution is -0.137. The molecule has 1 aliphatic rings. The molecule has 0 radical (unpaired) electrons. The van der Waals surface area contributed by atoms with Crippen LogP contribution in [-0.4, -0.2) is 27.5 Å². The Morgan fingerprint density at radius 2 is 2.04 bits per heavy atom. The molecular weight excluding hydrogens is 383 g/mol. The van der Waals surface area contributed by atoms with E-state index in [2.05, 4.69) is 10.4 Å². The van der Waals surface area contributed by atoms with Crippen molar-refractivity contribution < 1.29 is 18.3 Å². The van der Waals surface area contributed by atoms with Crippen LogP contribution in [0, 0.1) is 5.92 Å². The summed E-state index contributed by atoms with van der Waals surface area (Å²) in [5, 5.41) is 16.8. The standard InChI is InChI=1S/C18H19ClF3N3O2/c19-16-14(23-10-15(26)11-4-1-2-5-11)9-24-25(17(16)27)13-7-3-6-12(8-13)18(20,21)22/h3,6-9,11,15,23,26H,1-2,4-5,10H2. The van der Waals surface area contributed by atoms with Crippen molar-refractivity contribution in [2.24, 2.45) is 5.92 Å². The van der Waals surface area contributed by atoms with Gasteiger partial charge in [0.25, 0.3) is 5.56 Å². The van der Waals surface area contributed by atoms with Crippen LogP contribution >= 0.6 is 11.6 Å². The Kier molecular flexibility index (Phi) is 5.76. The maximum atomic E-state index is 12.9. The number of aliphatic hydroxyl groups is 1. The first-order valence-electron chi connectivity index (χ1n) is 8.65. The number of aromatic nitrogens is 2. The summed E-state index contributed by atoms with van der Waals surface area (Å²) in [5.74, 6) is 0.217. The first kappa shape index (κ1) is 19.7. The van der Waals surface area contributed by atoms with Gasteiger partial charge >= 0.3 is 6.18 Å². The second kappa shape index (κ2) is 7.90. The lowest BCUT2D eigenvalue weighted by atomic mass is 10.0. The summed E-state index contributed by atoms with van der Waals surface area (Å²) in [5.41, 5.74) is -1.42. The van der Waals surface area contributed by atoms with E-state index in [0.29, 0.717) is 0 Å². The molecule has 0 aliphatic heterocycles. The van der Waals surface area contributed by atoms with Gasteiger partial charge in [-0.05, 0) is 37.0 Å². The minimum absolute atomic E-state index is 0.0331. The van der Waals surface area contributed by atoms with Crippen LogP contribution in [0.1, 0.15) is 31.2 Å². The van der Waals surface area contributed by atoms with Crippen LogP contribution in [0.2, 0.25) is 5.02 Å². The van der Waals surface area contributed by atoms with Gasteiger partial charge in [0.05, 0.1) is 29.2 Å². The van der Waals surface area contributed by atoms with E-state index < -0.39 is 23.4 Å². The van der Waals surface area contributed by atoms with Gasteiger partial charge in [0, 0.05) is 6.54 Å². The van der Waals surface area contributed by atoms with Crippen molar-refractivity contribution in [3.63, 3.8) is 0 Å². The van der Waals surface area contributed by atoms with Crippen molar-refractivity contribution >= 4 is 17.3 Å². The number of aliphatic hydroxyl groups excluding tert-OH is 1. The van der Waals surface area contributed by atoms with Gasteiger partial charge in [-0.15, -0.1) is 0 Å². The number of halogens is 4. The van der Waals surface area contributed by atoms with E-state index in [1.54, 1.807) is 0 Å². The Balaban J connectivity index is 1.80. The van der Waals surface area contributed by atoms with Crippen LogP contribution in [0.5, 0.6) is 0 Å². The molecule has 3 rings (SSSR count). The number of nitrogens with one attached hydrogen (secondary N) is 1. The molecule has 5 nitrogen and oxygen atoms in total. The van der Waals surface area contributed by atoms with Gasteiger partial charge in [-0.1, -0.05) is 30.5 Å². The molecular formula is C18H19ClF3N3O2. The van der Waals surface area contributed by atoms with E-state index >= 15 is 0 Å². The molecule has 146 valence electrons. The number of hydrogen-bond acceptors (Lipinski definition) is 4. The van der Waals surface area contributed by atoms with Gasteiger partial charge in [0.15, 0.2) is 0 Å². The highest BCUT2D eigenvalue weighted by Crippen LogP contribution is 2.30. The lowest BCUT2D eigenvalue weighted by Crippen LogP contribution is -2.28. The van der Waals surface area contributed by atoms with E-state index in [1.165, 1.54) is 18.3 Å². The highest BCUT2D eigenvalue weighted by Gasteiger charge is 2.30. The molecule has 1 atom stereocenters. The first-order valence-corrected chi connectivity index (χ1v) is 9.02. The fourth-order valence-corrected chi connectivity index (χ4v) is 3.47. The summed E-state index contributed by atoms with van der Waals surface area (Å²) >= 11 is 6.08. The molecule has 0 amide bonds. The summed E-state index contributed by atoms with van der Waals surface area (Å²) in [6.45, 7) is 0.221. The van der Waals surface area contributed by atoms with Crippen molar-refractivity contribution in [1.82, 2.24) is 9.78 Å². The van der Waals surface area contributed by atoms with Crippen LogP contribution in [0.3, 0.4) is 0 Å². The molecule has 1 aromatic heterocycles. The van der Waals surface area contributed by atoms with Crippen LogP contribution in [0.15, 0.2) is 35.3 Å². The second-order valence-electron chi connectivity index (χ2n) is 6.63. The van der Waals surface area contributed by atoms with Crippen molar-refractivity contribution in [2.45, 2.75) is 38.0 Å². The molecule has 0 bridgehead atoms. The Morgan fingerprint density at radius 3 is 2.70 bits per heavy atom. The topological polar surface area (TPSA) is 67.2 Å². The van der Waals surface area contributed by atoms with Crippen LogP contribution in [0.4, 0.5) is 18.9 Å². The fraction of sp³-hybridized carbons (Fsp3) is 0.444. The molecule has 1 aliphatic carbocycles. The lowest BCUT2D eigenvalue weighted by Gasteiger charge is -2.19. The Morgan fingerprint density at radius 1 is 1.33 bits per heavy atom. The summed E-state index contributed by atoms with van der Waals surface area (Å²) in [7, 11) is 0. The van der Waals surface area contributed by atoms with Crippen LogP contribution < -0.4 is 10.9 Å². The third-order valence-corrected chi connectivity index (χ3v) is 5.15. The average molecular weight is 402 g/mol. The highest BCUT2D eigenvalue weighted by atomic mass is 35.5. The average Bonchev–Trinajstić information content (AvgIpc) is 3.17. The van der Waals surface area contributed by atoms with E-state index in [4.69, 9.17) is 11.6 Å². The Labute approximate surface area is 158 Å². The van der Waals surface area contributed by atoms with E-state index in [-0.39, 0.29) is 28.9 Å². The minimum atomic E-state index is -4.53. The van der Waals surface area contributed by atoms with Crippen LogP contribution in [-0.2, 0) is 6.18 Å². The molecule has 1 fully saturated rings. The fourth-order valence-electron chi connectivity index (χ4n) is 3.28. The molecule has 1 unspecified atom stereocenters. The quantitative estimate of drug-likeness (QED) is 0.798. The molecule has 2 aromatic rings. The van der Waals surface area contributed by atoms with Gasteiger partial charge < -0.3 is 10.4 Å². The van der Waals surface area contributed by atoms with Gasteiger partial charge in [0.1, 0.15) is 5.02 Å². The van der Waals surface area contributed by atoms with Crippen molar-refractivity contribution in [3.8, 4) is 5.69 Å². The van der Waals surface area contributed by atoms with Gasteiger partial charge in [-0.3, -0.25) is 4.79 Å². The van der Waals surface area contributed by atoms with Gasteiger partial charge in [-0.2, -0.15) is 23.0 Å². The number of anilines is 1. The Bertz CT molecular complexity index is 864. The number of nitrogens with zero attached hydrogens (tertiary/aromatic N) is 2. The van der Waals surface area contributed by atoms with E-state index in [1.807, 2.05) is 0 Å². The summed E-state index contributed by atoms with van der Waals surface area (Å²) < 4.78 is 39.4. The number of rotatable bonds is 5. The molecule has 9 heteroatoms. The maximum Gasteiger partial charge on any atom is 0.416 e. The third-order valence-electron chi connectivity index (χ3n) is 4.78. The molecule has 1 saturated carbocycles. The zero-order valence-electron chi connectivity index (χ0n) is 14.3. The number of benzene rings is 1. The van der Waals surface area contributed by atoms with E-state index in [9.17, 15) is 23.1 Å². The predicted molar refractivity (Wildman–Crippen MR) is 96.3 cm³/mol. The molecule has 0 spiro atoms. The predicted octanol–water partition coefficient (Wildman–Crippen LogP) is 3.87. The van der Waals surface area contributed by atoms with Crippen LogP contribution in [0.25, 0.3) is 5.69 Å². The minimum Gasteiger partial charge on any atom is -0.391 e.